The number of hydrogen-bond acceptors (Lipinski definition) is 5. The van der Waals surface area contributed by atoms with Crippen LogP contribution in [0.2, 0.25) is 0 Å². The maximum atomic E-state index is 8.82. The molecule has 0 amide bonds. The van der Waals surface area contributed by atoms with E-state index in [2.05, 4.69) is 34.3 Å². The normalized spacial score (nSPS) is 10.0. The Labute approximate surface area is 140 Å². The number of rotatable bonds is 5. The van der Waals surface area contributed by atoms with E-state index in [-0.39, 0.29) is 0 Å². The molecule has 3 rings (SSSR count). The van der Waals surface area contributed by atoms with Gasteiger partial charge in [0.1, 0.15) is 6.61 Å². The summed E-state index contributed by atoms with van der Waals surface area (Å²) < 4.78 is 5.75. The fourth-order valence-corrected chi connectivity index (χ4v) is 2.16. The summed E-state index contributed by atoms with van der Waals surface area (Å²) in [5.41, 5.74) is 3.72. The summed E-state index contributed by atoms with van der Waals surface area (Å²) in [5, 5.41) is 11.9. The van der Waals surface area contributed by atoms with Crippen LogP contribution in [0.1, 0.15) is 16.7 Å². The molecule has 0 aliphatic carbocycles. The molecule has 0 radical (unpaired) electrons. The minimum Gasteiger partial charge on any atom is -0.473 e. The van der Waals surface area contributed by atoms with Crippen molar-refractivity contribution in [2.24, 2.45) is 0 Å². The van der Waals surface area contributed by atoms with Gasteiger partial charge in [0.05, 0.1) is 11.6 Å². The first kappa shape index (κ1) is 15.5. The van der Waals surface area contributed by atoms with Crippen LogP contribution in [0.3, 0.4) is 0 Å². The van der Waals surface area contributed by atoms with Gasteiger partial charge in [0.2, 0.25) is 11.8 Å². The van der Waals surface area contributed by atoms with E-state index >= 15 is 0 Å². The average Bonchev–Trinajstić information content (AvgIpc) is 2.62. The number of nitrogens with one attached hydrogen (secondary N) is 1. The summed E-state index contributed by atoms with van der Waals surface area (Å²) in [4.78, 5) is 8.53. The number of anilines is 2. The highest BCUT2D eigenvalue weighted by Crippen LogP contribution is 2.17. The molecule has 0 aliphatic rings. The predicted molar refractivity (Wildman–Crippen MR) is 92.0 cm³/mol. The summed E-state index contributed by atoms with van der Waals surface area (Å²) in [7, 11) is 0. The number of benzene rings is 2. The van der Waals surface area contributed by atoms with E-state index in [4.69, 9.17) is 10.00 Å². The second kappa shape index (κ2) is 7.25. The monoisotopic (exact) mass is 316 g/mol. The van der Waals surface area contributed by atoms with Crippen molar-refractivity contribution in [2.75, 3.05) is 5.32 Å². The lowest BCUT2D eigenvalue weighted by Gasteiger charge is -2.09. The SMILES string of the molecule is Cc1ccccc1COc1ccnc(Nc2ccc(C#N)cc2)n1. The van der Waals surface area contributed by atoms with Crippen LogP contribution in [0, 0.1) is 18.3 Å². The highest BCUT2D eigenvalue weighted by molar-refractivity contribution is 5.54. The Morgan fingerprint density at radius 3 is 2.62 bits per heavy atom. The summed E-state index contributed by atoms with van der Waals surface area (Å²) in [6.45, 7) is 2.51. The standard InChI is InChI=1S/C19H16N4O/c1-14-4-2-3-5-16(14)13-24-18-10-11-21-19(23-18)22-17-8-6-15(12-20)7-9-17/h2-11H,13H2,1H3,(H,21,22,23). The lowest BCUT2D eigenvalue weighted by atomic mass is 10.1. The first-order valence-corrected chi connectivity index (χ1v) is 7.52. The van der Waals surface area contributed by atoms with Crippen molar-refractivity contribution in [3.05, 3.63) is 77.5 Å². The van der Waals surface area contributed by atoms with Crippen molar-refractivity contribution in [3.63, 3.8) is 0 Å². The summed E-state index contributed by atoms with van der Waals surface area (Å²) in [5.74, 6) is 0.950. The first-order valence-electron chi connectivity index (χ1n) is 7.52. The van der Waals surface area contributed by atoms with Gasteiger partial charge in [-0.3, -0.25) is 0 Å². The van der Waals surface area contributed by atoms with Crippen LogP contribution in [0.15, 0.2) is 60.8 Å². The number of ether oxygens (including phenoxy) is 1. The molecule has 3 aromatic rings. The van der Waals surface area contributed by atoms with Gasteiger partial charge < -0.3 is 10.1 Å². The minimum atomic E-state index is 0.446. The van der Waals surface area contributed by atoms with Crippen LogP contribution in [0.25, 0.3) is 0 Å². The highest BCUT2D eigenvalue weighted by Gasteiger charge is 2.03. The molecule has 0 unspecified atom stereocenters. The Kier molecular flexibility index (Phi) is 4.68. The molecule has 0 saturated heterocycles. The molecule has 0 atom stereocenters. The van der Waals surface area contributed by atoms with E-state index < -0.39 is 0 Å². The van der Waals surface area contributed by atoms with Crippen molar-refractivity contribution in [2.45, 2.75) is 13.5 Å². The van der Waals surface area contributed by atoms with Gasteiger partial charge in [0.25, 0.3) is 0 Å². The van der Waals surface area contributed by atoms with Crippen molar-refractivity contribution < 1.29 is 4.74 Å². The van der Waals surface area contributed by atoms with Crippen molar-refractivity contribution in [1.82, 2.24) is 9.97 Å². The number of hydrogen-bond donors (Lipinski definition) is 1. The summed E-state index contributed by atoms with van der Waals surface area (Å²) >= 11 is 0. The van der Waals surface area contributed by atoms with Gasteiger partial charge in [-0.1, -0.05) is 24.3 Å². The maximum Gasteiger partial charge on any atom is 0.230 e. The van der Waals surface area contributed by atoms with Gasteiger partial charge >= 0.3 is 0 Å². The highest BCUT2D eigenvalue weighted by atomic mass is 16.5. The number of nitrogens with zero attached hydrogens (tertiary/aromatic N) is 3. The molecule has 1 heterocycles. The average molecular weight is 316 g/mol. The molecule has 0 fully saturated rings. The van der Waals surface area contributed by atoms with Crippen LogP contribution in [0.4, 0.5) is 11.6 Å². The number of nitriles is 1. The fourth-order valence-electron chi connectivity index (χ4n) is 2.16. The molecule has 0 aliphatic heterocycles. The van der Waals surface area contributed by atoms with Gasteiger partial charge in [-0.05, 0) is 42.3 Å². The van der Waals surface area contributed by atoms with Crippen LogP contribution in [0.5, 0.6) is 5.88 Å². The molecular weight excluding hydrogens is 300 g/mol. The Balaban J connectivity index is 1.67. The second-order valence-corrected chi connectivity index (χ2v) is 5.25. The third-order valence-corrected chi connectivity index (χ3v) is 3.54. The smallest absolute Gasteiger partial charge is 0.230 e. The molecule has 0 spiro atoms. The van der Waals surface area contributed by atoms with Gasteiger partial charge in [-0.25, -0.2) is 4.98 Å². The topological polar surface area (TPSA) is 70.8 Å². The van der Waals surface area contributed by atoms with Crippen LogP contribution < -0.4 is 10.1 Å². The molecular formula is C19H16N4O. The first-order chi connectivity index (χ1) is 11.7. The Bertz CT molecular complexity index is 869. The van der Waals surface area contributed by atoms with Gasteiger partial charge in [0.15, 0.2) is 0 Å². The summed E-state index contributed by atoms with van der Waals surface area (Å²) in [6, 6.07) is 19.0. The van der Waals surface area contributed by atoms with Crippen LogP contribution in [-0.4, -0.2) is 9.97 Å². The lowest BCUT2D eigenvalue weighted by Crippen LogP contribution is -2.02. The Morgan fingerprint density at radius 1 is 1.08 bits per heavy atom. The molecule has 1 aromatic heterocycles. The minimum absolute atomic E-state index is 0.446. The zero-order chi connectivity index (χ0) is 16.8. The maximum absolute atomic E-state index is 8.82. The van der Waals surface area contributed by atoms with E-state index in [1.54, 1.807) is 24.4 Å². The largest absolute Gasteiger partial charge is 0.473 e. The number of aromatic nitrogens is 2. The van der Waals surface area contributed by atoms with Crippen molar-refractivity contribution >= 4 is 11.6 Å². The fraction of sp³-hybridized carbons (Fsp3) is 0.105. The third-order valence-electron chi connectivity index (χ3n) is 3.54. The Hall–Kier alpha value is -3.39. The van der Waals surface area contributed by atoms with E-state index in [1.807, 2.05) is 30.3 Å². The van der Waals surface area contributed by atoms with E-state index in [0.29, 0.717) is 24.0 Å². The molecule has 24 heavy (non-hydrogen) atoms. The zero-order valence-electron chi connectivity index (χ0n) is 13.2. The van der Waals surface area contributed by atoms with Crippen LogP contribution >= 0.6 is 0 Å². The zero-order valence-corrected chi connectivity index (χ0v) is 13.2. The second-order valence-electron chi connectivity index (χ2n) is 5.25. The van der Waals surface area contributed by atoms with E-state index in [0.717, 1.165) is 11.3 Å². The molecule has 0 bridgehead atoms. The summed E-state index contributed by atoms with van der Waals surface area (Å²) in [6.07, 6.45) is 1.65. The molecule has 118 valence electrons. The molecule has 1 N–H and O–H groups in total. The molecule has 5 heteroatoms. The van der Waals surface area contributed by atoms with Gasteiger partial charge in [0, 0.05) is 18.0 Å². The quantitative estimate of drug-likeness (QED) is 0.771. The molecule has 5 nitrogen and oxygen atoms in total. The molecule has 0 saturated carbocycles. The van der Waals surface area contributed by atoms with Crippen molar-refractivity contribution in [1.29, 1.82) is 5.26 Å². The molecule has 2 aromatic carbocycles. The van der Waals surface area contributed by atoms with Crippen LogP contribution in [-0.2, 0) is 6.61 Å². The predicted octanol–water partition coefficient (Wildman–Crippen LogP) is 3.98. The third kappa shape index (κ3) is 3.87. The number of aryl methyl sites for hydroxylation is 1. The van der Waals surface area contributed by atoms with E-state index in [1.165, 1.54) is 5.56 Å². The van der Waals surface area contributed by atoms with Gasteiger partial charge in [-0.2, -0.15) is 10.2 Å². The van der Waals surface area contributed by atoms with Crippen molar-refractivity contribution in [3.8, 4) is 11.9 Å². The Morgan fingerprint density at radius 2 is 1.88 bits per heavy atom. The van der Waals surface area contributed by atoms with Gasteiger partial charge in [-0.15, -0.1) is 0 Å². The lowest BCUT2D eigenvalue weighted by molar-refractivity contribution is 0.293. The van der Waals surface area contributed by atoms with E-state index in [9.17, 15) is 0 Å².